The minimum absolute atomic E-state index is 0.317. The second-order valence-corrected chi connectivity index (χ2v) is 6.74. The lowest BCUT2D eigenvalue weighted by Crippen LogP contribution is -2.20. The zero-order valence-electron chi connectivity index (χ0n) is 14.3. The Morgan fingerprint density at radius 1 is 1.21 bits per heavy atom. The Morgan fingerprint density at radius 3 is 2.71 bits per heavy atom. The molecular formula is C20H23N3O. The zero-order chi connectivity index (χ0) is 16.7. The molecule has 0 radical (unpaired) electrons. The number of phenolic OH excluding ortho intramolecular Hbond substituents is 1. The number of nitrogens with zero attached hydrogens (tertiary/aromatic N) is 3. The minimum atomic E-state index is 0.317. The first-order chi connectivity index (χ1) is 11.6. The van der Waals surface area contributed by atoms with Crippen molar-refractivity contribution >= 4 is 10.9 Å². The van der Waals surface area contributed by atoms with Gasteiger partial charge in [-0.1, -0.05) is 6.07 Å². The van der Waals surface area contributed by atoms with Crippen LogP contribution in [0.2, 0.25) is 0 Å². The number of hydrogen-bond acceptors (Lipinski definition) is 3. The van der Waals surface area contributed by atoms with Gasteiger partial charge in [-0.25, -0.2) is 0 Å². The van der Waals surface area contributed by atoms with Gasteiger partial charge in [0.15, 0.2) is 0 Å². The lowest BCUT2D eigenvalue weighted by atomic mass is 10.0. The molecule has 0 saturated carbocycles. The van der Waals surface area contributed by atoms with E-state index in [1.54, 1.807) is 12.4 Å². The Labute approximate surface area is 142 Å². The highest BCUT2D eigenvalue weighted by Gasteiger charge is 2.19. The van der Waals surface area contributed by atoms with Crippen molar-refractivity contribution in [3.05, 3.63) is 47.9 Å². The van der Waals surface area contributed by atoms with Crippen molar-refractivity contribution < 1.29 is 5.11 Å². The monoisotopic (exact) mass is 321 g/mol. The number of aromatic nitrogens is 2. The number of aryl methyl sites for hydroxylation is 2. The topological polar surface area (TPSA) is 41.3 Å². The maximum atomic E-state index is 10.5. The van der Waals surface area contributed by atoms with E-state index in [9.17, 15) is 5.11 Å². The highest BCUT2D eigenvalue weighted by Crippen LogP contribution is 2.36. The average molecular weight is 321 g/mol. The summed E-state index contributed by atoms with van der Waals surface area (Å²) in [4.78, 5) is 6.69. The van der Waals surface area contributed by atoms with Crippen molar-refractivity contribution in [3.8, 4) is 16.9 Å². The van der Waals surface area contributed by atoms with Crippen molar-refractivity contribution in [2.45, 2.75) is 26.3 Å². The summed E-state index contributed by atoms with van der Waals surface area (Å²) < 4.78 is 2.28. The van der Waals surface area contributed by atoms with Crippen molar-refractivity contribution in [2.24, 2.45) is 7.05 Å². The van der Waals surface area contributed by atoms with Gasteiger partial charge in [0.2, 0.25) is 0 Å². The molecule has 1 aliphatic heterocycles. The summed E-state index contributed by atoms with van der Waals surface area (Å²) in [7, 11) is 2.13. The Morgan fingerprint density at radius 2 is 2.00 bits per heavy atom. The minimum Gasteiger partial charge on any atom is -0.507 e. The number of rotatable bonds is 3. The van der Waals surface area contributed by atoms with Crippen LogP contribution in [0.3, 0.4) is 0 Å². The molecule has 1 saturated heterocycles. The third-order valence-electron chi connectivity index (χ3n) is 5.26. The van der Waals surface area contributed by atoms with Gasteiger partial charge in [-0.05, 0) is 56.6 Å². The smallest absolute Gasteiger partial charge is 0.124 e. The quantitative estimate of drug-likeness (QED) is 0.796. The maximum absolute atomic E-state index is 10.5. The van der Waals surface area contributed by atoms with Crippen molar-refractivity contribution in [1.82, 2.24) is 14.5 Å². The van der Waals surface area contributed by atoms with Gasteiger partial charge >= 0.3 is 0 Å². The molecule has 1 aromatic carbocycles. The molecule has 24 heavy (non-hydrogen) atoms. The molecule has 4 rings (SSSR count). The predicted octanol–water partition coefficient (Wildman–Crippen LogP) is 3.85. The molecule has 1 aliphatic rings. The molecule has 0 bridgehead atoms. The van der Waals surface area contributed by atoms with Crippen LogP contribution >= 0.6 is 0 Å². The predicted molar refractivity (Wildman–Crippen MR) is 97.1 cm³/mol. The molecule has 4 heteroatoms. The van der Waals surface area contributed by atoms with Gasteiger partial charge < -0.3 is 9.67 Å². The van der Waals surface area contributed by atoms with Gasteiger partial charge in [0.05, 0.1) is 0 Å². The standard InChI is InChI=1S/C20H23N3O/c1-14-16-11-20(24)17(15-6-5-7-21-12-15)10-18(16)22(2)19(14)13-23-8-3-4-9-23/h5-7,10-12,24H,3-4,8-9,13H2,1-2H3. The largest absolute Gasteiger partial charge is 0.507 e. The van der Waals surface area contributed by atoms with Crippen LogP contribution in [-0.2, 0) is 13.6 Å². The van der Waals surface area contributed by atoms with E-state index in [0.29, 0.717) is 5.75 Å². The summed E-state index contributed by atoms with van der Waals surface area (Å²) in [5.74, 6) is 0.317. The maximum Gasteiger partial charge on any atom is 0.124 e. The van der Waals surface area contributed by atoms with Gasteiger partial charge in [0.25, 0.3) is 0 Å². The van der Waals surface area contributed by atoms with E-state index in [-0.39, 0.29) is 0 Å². The van der Waals surface area contributed by atoms with Crippen molar-refractivity contribution in [2.75, 3.05) is 13.1 Å². The van der Waals surface area contributed by atoms with Gasteiger partial charge in [-0.3, -0.25) is 9.88 Å². The van der Waals surface area contributed by atoms with E-state index < -0.39 is 0 Å². The fourth-order valence-electron chi connectivity index (χ4n) is 3.84. The Balaban J connectivity index is 1.83. The van der Waals surface area contributed by atoms with Crippen LogP contribution in [0.15, 0.2) is 36.7 Å². The van der Waals surface area contributed by atoms with Crippen LogP contribution in [0, 0.1) is 6.92 Å². The molecule has 0 atom stereocenters. The average Bonchev–Trinajstić information content (AvgIpc) is 3.19. The number of likely N-dealkylation sites (tertiary alicyclic amines) is 1. The lowest BCUT2D eigenvalue weighted by Gasteiger charge is -2.16. The molecule has 1 fully saturated rings. The number of aromatic hydroxyl groups is 1. The van der Waals surface area contributed by atoms with Gasteiger partial charge in [0, 0.05) is 53.7 Å². The number of benzene rings is 1. The van der Waals surface area contributed by atoms with Crippen LogP contribution in [0.25, 0.3) is 22.0 Å². The summed E-state index contributed by atoms with van der Waals surface area (Å²) in [6, 6.07) is 7.87. The fraction of sp³-hybridized carbons (Fsp3) is 0.350. The number of hydrogen-bond donors (Lipinski definition) is 1. The van der Waals surface area contributed by atoms with E-state index in [1.807, 2.05) is 18.2 Å². The summed E-state index contributed by atoms with van der Waals surface area (Å²) in [6.45, 7) is 5.53. The number of fused-ring (bicyclic) bond motifs is 1. The molecule has 0 aliphatic carbocycles. The molecule has 1 N–H and O–H groups in total. The Kier molecular flexibility index (Phi) is 3.77. The first-order valence-corrected chi connectivity index (χ1v) is 8.59. The lowest BCUT2D eigenvalue weighted by molar-refractivity contribution is 0.323. The molecule has 3 heterocycles. The van der Waals surface area contributed by atoms with E-state index >= 15 is 0 Å². The summed E-state index contributed by atoms with van der Waals surface area (Å²) in [5.41, 5.74) is 5.56. The van der Waals surface area contributed by atoms with Gasteiger partial charge in [-0.2, -0.15) is 0 Å². The Bertz CT molecular complexity index is 877. The van der Waals surface area contributed by atoms with Crippen LogP contribution in [-0.4, -0.2) is 32.6 Å². The molecule has 0 spiro atoms. The summed E-state index contributed by atoms with van der Waals surface area (Å²) >= 11 is 0. The van der Waals surface area contributed by atoms with E-state index in [2.05, 4.69) is 34.5 Å². The molecule has 4 nitrogen and oxygen atoms in total. The summed E-state index contributed by atoms with van der Waals surface area (Å²) in [6.07, 6.45) is 6.14. The van der Waals surface area contributed by atoms with E-state index in [4.69, 9.17) is 0 Å². The first kappa shape index (κ1) is 15.2. The second-order valence-electron chi connectivity index (χ2n) is 6.74. The number of pyridine rings is 1. The molecule has 3 aromatic rings. The fourth-order valence-corrected chi connectivity index (χ4v) is 3.84. The van der Waals surface area contributed by atoms with Crippen LogP contribution in [0.5, 0.6) is 5.75 Å². The highest BCUT2D eigenvalue weighted by molar-refractivity contribution is 5.92. The van der Waals surface area contributed by atoms with E-state index in [0.717, 1.165) is 23.1 Å². The highest BCUT2D eigenvalue weighted by atomic mass is 16.3. The molecule has 2 aromatic heterocycles. The van der Waals surface area contributed by atoms with Crippen molar-refractivity contribution in [1.29, 1.82) is 0 Å². The Hall–Kier alpha value is -2.33. The zero-order valence-corrected chi connectivity index (χ0v) is 14.3. The molecule has 124 valence electrons. The molecule has 0 amide bonds. The van der Waals surface area contributed by atoms with Gasteiger partial charge in [-0.15, -0.1) is 0 Å². The second kappa shape index (κ2) is 5.95. The SMILES string of the molecule is Cc1c(CN2CCCC2)n(C)c2cc(-c3cccnc3)c(O)cc12. The van der Waals surface area contributed by atoms with Crippen molar-refractivity contribution in [3.63, 3.8) is 0 Å². The third-order valence-corrected chi connectivity index (χ3v) is 5.26. The third kappa shape index (κ3) is 2.47. The number of phenols is 1. The van der Waals surface area contributed by atoms with Crippen LogP contribution < -0.4 is 0 Å². The van der Waals surface area contributed by atoms with Gasteiger partial charge in [0.1, 0.15) is 5.75 Å². The summed E-state index contributed by atoms with van der Waals surface area (Å²) in [5, 5.41) is 11.7. The molecule has 0 unspecified atom stereocenters. The van der Waals surface area contributed by atoms with Crippen LogP contribution in [0.4, 0.5) is 0 Å². The van der Waals surface area contributed by atoms with Crippen LogP contribution in [0.1, 0.15) is 24.1 Å². The van der Waals surface area contributed by atoms with E-state index in [1.165, 1.54) is 42.7 Å². The molecular weight excluding hydrogens is 298 g/mol. The normalized spacial score (nSPS) is 15.4. The first-order valence-electron chi connectivity index (χ1n) is 8.59.